The van der Waals surface area contributed by atoms with Gasteiger partial charge in [0.2, 0.25) is 5.91 Å². The van der Waals surface area contributed by atoms with E-state index >= 15 is 0 Å². The standard InChI is InChI=1S/C15H21NO4/c1-4-20-15(18)10-14(17)16-8-7-12-6-5-11(2)13(9-12)19-3/h5-6,9H,4,7-8,10H2,1-3H3,(H,16,17). The highest BCUT2D eigenvalue weighted by Gasteiger charge is 2.09. The third-order valence-electron chi connectivity index (χ3n) is 2.82. The van der Waals surface area contributed by atoms with Crippen LogP contribution in [-0.4, -0.2) is 32.1 Å². The number of nitrogens with one attached hydrogen (secondary N) is 1. The van der Waals surface area contributed by atoms with Crippen molar-refractivity contribution in [3.05, 3.63) is 29.3 Å². The van der Waals surface area contributed by atoms with Crippen molar-refractivity contribution in [2.45, 2.75) is 26.7 Å². The molecule has 0 aromatic heterocycles. The Kier molecular flexibility index (Phi) is 6.56. The molecule has 0 fully saturated rings. The van der Waals surface area contributed by atoms with Crippen molar-refractivity contribution in [3.8, 4) is 5.75 Å². The minimum atomic E-state index is -0.498. The minimum Gasteiger partial charge on any atom is -0.496 e. The fourth-order valence-corrected chi connectivity index (χ4v) is 1.77. The van der Waals surface area contributed by atoms with Crippen molar-refractivity contribution in [2.24, 2.45) is 0 Å². The van der Waals surface area contributed by atoms with Gasteiger partial charge in [-0.3, -0.25) is 9.59 Å². The molecule has 1 N–H and O–H groups in total. The van der Waals surface area contributed by atoms with Crippen LogP contribution in [0.25, 0.3) is 0 Å². The maximum Gasteiger partial charge on any atom is 0.315 e. The monoisotopic (exact) mass is 279 g/mol. The Morgan fingerprint density at radius 1 is 1.30 bits per heavy atom. The van der Waals surface area contributed by atoms with Crippen molar-refractivity contribution < 1.29 is 19.1 Å². The molecule has 1 amide bonds. The molecule has 0 saturated heterocycles. The molecular formula is C15H21NO4. The van der Waals surface area contributed by atoms with Gasteiger partial charge < -0.3 is 14.8 Å². The highest BCUT2D eigenvalue weighted by molar-refractivity contribution is 5.94. The van der Waals surface area contributed by atoms with Gasteiger partial charge in [0, 0.05) is 6.54 Å². The van der Waals surface area contributed by atoms with Crippen LogP contribution in [0, 0.1) is 6.92 Å². The molecule has 0 aliphatic rings. The smallest absolute Gasteiger partial charge is 0.315 e. The minimum absolute atomic E-state index is 0.231. The number of esters is 1. The van der Waals surface area contributed by atoms with Crippen molar-refractivity contribution in [2.75, 3.05) is 20.3 Å². The number of hydrogen-bond donors (Lipinski definition) is 1. The molecule has 1 aromatic carbocycles. The summed E-state index contributed by atoms with van der Waals surface area (Å²) < 4.78 is 9.95. The number of carbonyl (C=O) groups is 2. The Bertz CT molecular complexity index is 471. The summed E-state index contributed by atoms with van der Waals surface area (Å²) in [5.74, 6) is 0.0184. The van der Waals surface area contributed by atoms with E-state index in [2.05, 4.69) is 5.32 Å². The lowest BCUT2D eigenvalue weighted by Crippen LogP contribution is -2.28. The van der Waals surface area contributed by atoms with Crippen LogP contribution < -0.4 is 10.1 Å². The average molecular weight is 279 g/mol. The lowest BCUT2D eigenvalue weighted by atomic mass is 10.1. The van der Waals surface area contributed by atoms with Gasteiger partial charge in [0.15, 0.2) is 0 Å². The van der Waals surface area contributed by atoms with Gasteiger partial charge in [-0.1, -0.05) is 12.1 Å². The molecule has 0 aliphatic carbocycles. The second-order valence-electron chi connectivity index (χ2n) is 4.39. The quantitative estimate of drug-likeness (QED) is 0.608. The molecule has 0 heterocycles. The van der Waals surface area contributed by atoms with Crippen LogP contribution in [0.5, 0.6) is 5.75 Å². The summed E-state index contributed by atoms with van der Waals surface area (Å²) in [5.41, 5.74) is 2.14. The fraction of sp³-hybridized carbons (Fsp3) is 0.467. The van der Waals surface area contributed by atoms with Crippen molar-refractivity contribution in [1.29, 1.82) is 0 Å². The van der Waals surface area contributed by atoms with Gasteiger partial charge in [-0.15, -0.1) is 0 Å². The number of methoxy groups -OCH3 is 1. The molecule has 1 rings (SSSR count). The maximum absolute atomic E-state index is 11.5. The van der Waals surface area contributed by atoms with E-state index < -0.39 is 5.97 Å². The van der Waals surface area contributed by atoms with Gasteiger partial charge in [-0.25, -0.2) is 0 Å². The summed E-state index contributed by atoms with van der Waals surface area (Å²) in [6.45, 7) is 4.45. The van der Waals surface area contributed by atoms with E-state index in [1.165, 1.54) is 0 Å². The van der Waals surface area contributed by atoms with Crippen molar-refractivity contribution in [3.63, 3.8) is 0 Å². The molecule has 110 valence electrons. The number of carbonyl (C=O) groups excluding carboxylic acids is 2. The van der Waals surface area contributed by atoms with E-state index in [4.69, 9.17) is 9.47 Å². The lowest BCUT2D eigenvalue weighted by Gasteiger charge is -2.08. The van der Waals surface area contributed by atoms with E-state index in [-0.39, 0.29) is 18.9 Å². The topological polar surface area (TPSA) is 64.6 Å². The van der Waals surface area contributed by atoms with Gasteiger partial charge in [0.05, 0.1) is 13.7 Å². The van der Waals surface area contributed by atoms with Crippen LogP contribution in [0.1, 0.15) is 24.5 Å². The fourth-order valence-electron chi connectivity index (χ4n) is 1.77. The third kappa shape index (κ3) is 5.30. The van der Waals surface area contributed by atoms with Crippen LogP contribution in [-0.2, 0) is 20.7 Å². The second kappa shape index (κ2) is 8.19. The predicted octanol–water partition coefficient (Wildman–Crippen LogP) is 1.62. The first kappa shape index (κ1) is 16.0. The lowest BCUT2D eigenvalue weighted by molar-refractivity contribution is -0.145. The normalized spacial score (nSPS) is 9.95. The van der Waals surface area contributed by atoms with Gasteiger partial charge >= 0.3 is 5.97 Å². The molecule has 0 aliphatic heterocycles. The molecule has 0 atom stereocenters. The molecule has 0 bridgehead atoms. The predicted molar refractivity (Wildman–Crippen MR) is 75.7 cm³/mol. The summed E-state index contributed by atoms with van der Waals surface area (Å²) in [4.78, 5) is 22.6. The molecule has 0 unspecified atom stereocenters. The number of hydrogen-bond acceptors (Lipinski definition) is 4. The average Bonchev–Trinajstić information content (AvgIpc) is 2.40. The summed E-state index contributed by atoms with van der Waals surface area (Å²) in [5, 5.41) is 2.69. The molecule has 0 radical (unpaired) electrons. The van der Waals surface area contributed by atoms with Gasteiger partial charge in [0.25, 0.3) is 0 Å². The Morgan fingerprint density at radius 3 is 2.70 bits per heavy atom. The first-order chi connectivity index (χ1) is 9.56. The molecule has 5 nitrogen and oxygen atoms in total. The third-order valence-corrected chi connectivity index (χ3v) is 2.82. The molecule has 0 spiro atoms. The highest BCUT2D eigenvalue weighted by Crippen LogP contribution is 2.18. The highest BCUT2D eigenvalue weighted by atomic mass is 16.5. The first-order valence-corrected chi connectivity index (χ1v) is 6.62. The zero-order valence-electron chi connectivity index (χ0n) is 12.2. The van der Waals surface area contributed by atoms with Crippen LogP contribution in [0.15, 0.2) is 18.2 Å². The van der Waals surface area contributed by atoms with E-state index in [9.17, 15) is 9.59 Å². The van der Waals surface area contributed by atoms with Gasteiger partial charge in [-0.05, 0) is 37.5 Å². The molecule has 0 saturated carbocycles. The SMILES string of the molecule is CCOC(=O)CC(=O)NCCc1ccc(C)c(OC)c1. The maximum atomic E-state index is 11.5. The number of benzene rings is 1. The molecule has 20 heavy (non-hydrogen) atoms. The zero-order chi connectivity index (χ0) is 15.0. The number of ether oxygens (including phenoxy) is 2. The van der Waals surface area contributed by atoms with E-state index in [1.54, 1.807) is 14.0 Å². The van der Waals surface area contributed by atoms with Crippen molar-refractivity contribution >= 4 is 11.9 Å². The Morgan fingerprint density at radius 2 is 2.05 bits per heavy atom. The molecule has 1 aromatic rings. The number of amides is 1. The summed E-state index contributed by atoms with van der Waals surface area (Å²) in [7, 11) is 1.63. The van der Waals surface area contributed by atoms with Crippen LogP contribution in [0.2, 0.25) is 0 Å². The van der Waals surface area contributed by atoms with Crippen LogP contribution in [0.3, 0.4) is 0 Å². The Labute approximate surface area is 119 Å². The van der Waals surface area contributed by atoms with Crippen LogP contribution >= 0.6 is 0 Å². The zero-order valence-corrected chi connectivity index (χ0v) is 12.2. The largest absolute Gasteiger partial charge is 0.496 e. The van der Waals surface area contributed by atoms with E-state index in [1.807, 2.05) is 25.1 Å². The van der Waals surface area contributed by atoms with E-state index in [0.717, 1.165) is 16.9 Å². The van der Waals surface area contributed by atoms with Crippen molar-refractivity contribution in [1.82, 2.24) is 5.32 Å². The van der Waals surface area contributed by atoms with E-state index in [0.29, 0.717) is 13.0 Å². The van der Waals surface area contributed by atoms with Crippen LogP contribution in [0.4, 0.5) is 0 Å². The van der Waals surface area contributed by atoms with Gasteiger partial charge in [0.1, 0.15) is 12.2 Å². The summed E-state index contributed by atoms with van der Waals surface area (Å²) in [6, 6.07) is 5.93. The summed E-state index contributed by atoms with van der Waals surface area (Å²) in [6.07, 6.45) is 0.455. The van der Waals surface area contributed by atoms with Gasteiger partial charge in [-0.2, -0.15) is 0 Å². The Balaban J connectivity index is 2.37. The second-order valence-corrected chi connectivity index (χ2v) is 4.39. The molecule has 5 heteroatoms. The number of aryl methyl sites for hydroxylation is 1. The summed E-state index contributed by atoms with van der Waals surface area (Å²) >= 11 is 0. The Hall–Kier alpha value is -2.04. The first-order valence-electron chi connectivity index (χ1n) is 6.62. The molecular weight excluding hydrogens is 258 g/mol. The number of rotatable bonds is 7.